The van der Waals surface area contributed by atoms with Crippen molar-refractivity contribution in [3.8, 4) is 0 Å². The Morgan fingerprint density at radius 3 is 2.59 bits per heavy atom. The second-order valence-electron chi connectivity index (χ2n) is 7.48. The zero-order valence-electron chi connectivity index (χ0n) is 17.5. The number of aromatic nitrogens is 1. The fourth-order valence-corrected chi connectivity index (χ4v) is 4.52. The maximum atomic E-state index is 13.7. The van der Waals surface area contributed by atoms with Crippen molar-refractivity contribution in [2.75, 3.05) is 15.4 Å². The molecule has 3 N–H and O–H groups in total. The number of nitrogens with one attached hydrogen (secondary N) is 3. The molecule has 2 amide bonds. The molecule has 2 heterocycles. The van der Waals surface area contributed by atoms with Crippen molar-refractivity contribution in [3.63, 3.8) is 0 Å². The molecule has 0 aliphatic carbocycles. The molecule has 0 bridgehead atoms. The molecule has 34 heavy (non-hydrogen) atoms. The van der Waals surface area contributed by atoms with Crippen molar-refractivity contribution in [1.82, 2.24) is 5.16 Å². The molecule has 0 unspecified atom stereocenters. The third-order valence-corrected chi connectivity index (χ3v) is 6.47. The number of amides is 2. The molecule has 0 atom stereocenters. The zero-order chi connectivity index (χ0) is 24.7. The lowest BCUT2D eigenvalue weighted by molar-refractivity contribution is -0.136. The van der Waals surface area contributed by atoms with Gasteiger partial charge in [-0.25, -0.2) is 8.42 Å². The van der Waals surface area contributed by atoms with Crippen molar-refractivity contribution >= 4 is 38.9 Å². The highest BCUT2D eigenvalue weighted by Crippen LogP contribution is 2.38. The van der Waals surface area contributed by atoms with Crippen LogP contribution in [-0.4, -0.2) is 25.4 Å². The number of alkyl halides is 3. The van der Waals surface area contributed by atoms with E-state index in [-0.39, 0.29) is 34.2 Å². The Kier molecular flexibility index (Phi) is 5.81. The van der Waals surface area contributed by atoms with E-state index in [4.69, 9.17) is 4.52 Å². The summed E-state index contributed by atoms with van der Waals surface area (Å²) in [5.74, 6) is -0.758. The molecule has 0 fully saturated rings. The fraction of sp³-hybridized carbons (Fsp3) is 0.190. The van der Waals surface area contributed by atoms with Gasteiger partial charge in [0.25, 0.3) is 15.9 Å². The smallest absolute Gasteiger partial charge is 0.361 e. The number of carbonyl (C=O) groups excluding carboxylic acids is 2. The van der Waals surface area contributed by atoms with Crippen molar-refractivity contribution in [2.24, 2.45) is 0 Å². The Morgan fingerprint density at radius 2 is 1.91 bits per heavy atom. The molecule has 178 valence electrons. The highest BCUT2D eigenvalue weighted by Gasteiger charge is 2.35. The lowest BCUT2D eigenvalue weighted by Gasteiger charge is -2.19. The SMILES string of the molecule is Cc1oncc1C(=O)Nc1ccc(NS(=O)(=O)c2ccc3c(c2)CCC(=O)N3)c(C(F)(F)F)c1. The fourth-order valence-electron chi connectivity index (χ4n) is 3.39. The normalized spacial score (nSPS) is 13.7. The standard InChI is InChI=1S/C21H17F3N4O5S/c1-11-15(10-25-33-11)20(30)26-13-3-5-18(16(9-13)21(22,23)24)28-34(31,32)14-4-6-17-12(8-14)2-7-19(29)27-17/h3-6,8-10,28H,2,7H2,1H3,(H,26,30)(H,27,29). The van der Waals surface area contributed by atoms with Crippen molar-refractivity contribution in [2.45, 2.75) is 30.8 Å². The van der Waals surface area contributed by atoms with Gasteiger partial charge in [-0.15, -0.1) is 0 Å². The summed E-state index contributed by atoms with van der Waals surface area (Å²) in [5, 5.41) is 8.35. The van der Waals surface area contributed by atoms with E-state index in [1.165, 1.54) is 25.1 Å². The van der Waals surface area contributed by atoms with Crippen molar-refractivity contribution < 1.29 is 35.7 Å². The van der Waals surface area contributed by atoms with Gasteiger partial charge >= 0.3 is 6.18 Å². The van der Waals surface area contributed by atoms with Gasteiger partial charge in [0, 0.05) is 17.8 Å². The summed E-state index contributed by atoms with van der Waals surface area (Å²) in [6, 6.07) is 6.55. The topological polar surface area (TPSA) is 130 Å². The first-order chi connectivity index (χ1) is 15.9. The minimum atomic E-state index is -4.92. The Labute approximate surface area is 191 Å². The lowest BCUT2D eigenvalue weighted by Crippen LogP contribution is -2.21. The van der Waals surface area contributed by atoms with E-state index in [0.29, 0.717) is 23.7 Å². The third-order valence-electron chi connectivity index (χ3n) is 5.11. The van der Waals surface area contributed by atoms with Gasteiger partial charge in [0.1, 0.15) is 11.3 Å². The van der Waals surface area contributed by atoms with E-state index in [0.717, 1.165) is 18.3 Å². The Bertz CT molecular complexity index is 1400. The minimum absolute atomic E-state index is 0.0435. The largest absolute Gasteiger partial charge is 0.418 e. The van der Waals surface area contributed by atoms with E-state index < -0.39 is 33.4 Å². The maximum Gasteiger partial charge on any atom is 0.418 e. The maximum absolute atomic E-state index is 13.7. The van der Waals surface area contributed by atoms with Gasteiger partial charge in [0.15, 0.2) is 0 Å². The molecule has 2 aromatic carbocycles. The van der Waals surface area contributed by atoms with Crippen molar-refractivity contribution in [3.05, 3.63) is 65.0 Å². The van der Waals surface area contributed by atoms with Crippen LogP contribution in [0.5, 0.6) is 0 Å². The van der Waals surface area contributed by atoms with Crippen LogP contribution < -0.4 is 15.4 Å². The summed E-state index contributed by atoms with van der Waals surface area (Å²) in [6.07, 6.45) is -3.32. The van der Waals surface area contributed by atoms with Gasteiger partial charge in [-0.1, -0.05) is 5.16 Å². The highest BCUT2D eigenvalue weighted by molar-refractivity contribution is 7.92. The van der Waals surface area contributed by atoms with Gasteiger partial charge < -0.3 is 15.2 Å². The predicted molar refractivity (Wildman–Crippen MR) is 115 cm³/mol. The first-order valence-corrected chi connectivity index (χ1v) is 11.3. The molecule has 0 saturated heterocycles. The predicted octanol–water partition coefficient (Wildman–Crippen LogP) is 3.94. The number of hydrogen-bond donors (Lipinski definition) is 3. The van der Waals surface area contributed by atoms with Crippen LogP contribution >= 0.6 is 0 Å². The molecule has 1 aliphatic rings. The molecule has 13 heteroatoms. The molecule has 0 saturated carbocycles. The number of fused-ring (bicyclic) bond motifs is 1. The second kappa shape index (κ2) is 8.48. The van der Waals surface area contributed by atoms with Crippen LogP contribution in [0, 0.1) is 6.92 Å². The van der Waals surface area contributed by atoms with Crippen LogP contribution in [0.4, 0.5) is 30.2 Å². The van der Waals surface area contributed by atoms with Crippen molar-refractivity contribution in [1.29, 1.82) is 0 Å². The van der Waals surface area contributed by atoms with E-state index in [1.54, 1.807) is 0 Å². The summed E-state index contributed by atoms with van der Waals surface area (Å²) in [6.45, 7) is 1.47. The number of carbonyl (C=O) groups is 2. The number of nitrogens with zero attached hydrogens (tertiary/aromatic N) is 1. The molecular weight excluding hydrogens is 477 g/mol. The second-order valence-corrected chi connectivity index (χ2v) is 9.16. The molecule has 1 aromatic heterocycles. The first-order valence-electron chi connectivity index (χ1n) is 9.83. The number of rotatable bonds is 5. The lowest BCUT2D eigenvalue weighted by atomic mass is 10.0. The van der Waals surface area contributed by atoms with Crippen LogP contribution in [0.25, 0.3) is 0 Å². The van der Waals surface area contributed by atoms with Crippen LogP contribution in [0.1, 0.15) is 33.7 Å². The molecule has 0 spiro atoms. The first kappa shape index (κ1) is 23.3. The number of halogens is 3. The number of benzene rings is 2. The average molecular weight is 494 g/mol. The molecule has 4 rings (SSSR count). The number of hydrogen-bond acceptors (Lipinski definition) is 6. The van der Waals surface area contributed by atoms with Gasteiger partial charge in [-0.3, -0.25) is 14.3 Å². The van der Waals surface area contributed by atoms with E-state index in [1.807, 2.05) is 4.72 Å². The molecule has 0 radical (unpaired) electrons. The summed E-state index contributed by atoms with van der Waals surface area (Å²) >= 11 is 0. The number of anilines is 3. The number of aryl methyl sites for hydroxylation is 2. The Morgan fingerprint density at radius 1 is 1.15 bits per heavy atom. The summed E-state index contributed by atoms with van der Waals surface area (Å²) in [5.41, 5.74) is -1.15. The van der Waals surface area contributed by atoms with Crippen LogP contribution in [0.2, 0.25) is 0 Å². The Balaban J connectivity index is 1.63. The summed E-state index contributed by atoms with van der Waals surface area (Å²) in [7, 11) is -4.39. The van der Waals surface area contributed by atoms with Crippen LogP contribution in [0.15, 0.2) is 52.0 Å². The van der Waals surface area contributed by atoms with E-state index >= 15 is 0 Å². The monoisotopic (exact) mass is 494 g/mol. The summed E-state index contributed by atoms with van der Waals surface area (Å²) in [4.78, 5) is 23.5. The van der Waals surface area contributed by atoms with Gasteiger partial charge in [0.05, 0.1) is 22.3 Å². The van der Waals surface area contributed by atoms with Gasteiger partial charge in [-0.2, -0.15) is 13.2 Å². The van der Waals surface area contributed by atoms with E-state index in [9.17, 15) is 31.2 Å². The number of sulfonamides is 1. The quantitative estimate of drug-likeness (QED) is 0.493. The molecule has 3 aromatic rings. The van der Waals surface area contributed by atoms with Crippen LogP contribution in [-0.2, 0) is 27.4 Å². The average Bonchev–Trinajstić information content (AvgIpc) is 3.19. The van der Waals surface area contributed by atoms with Crippen LogP contribution in [0.3, 0.4) is 0 Å². The summed E-state index contributed by atoms with van der Waals surface area (Å²) < 4.78 is 73.6. The van der Waals surface area contributed by atoms with Gasteiger partial charge in [0.2, 0.25) is 5.91 Å². The molecular formula is C21H17F3N4O5S. The van der Waals surface area contributed by atoms with E-state index in [2.05, 4.69) is 15.8 Å². The zero-order valence-corrected chi connectivity index (χ0v) is 18.3. The third kappa shape index (κ3) is 4.73. The van der Waals surface area contributed by atoms with Gasteiger partial charge in [-0.05, 0) is 55.3 Å². The Hall–Kier alpha value is -3.87. The highest BCUT2D eigenvalue weighted by atomic mass is 32.2. The molecule has 9 nitrogen and oxygen atoms in total. The molecule has 1 aliphatic heterocycles. The minimum Gasteiger partial charge on any atom is -0.361 e.